The number of hydrogen-bond acceptors (Lipinski definition) is 4. The van der Waals surface area contributed by atoms with Crippen LogP contribution in [0.15, 0.2) is 24.3 Å². The van der Waals surface area contributed by atoms with Crippen molar-refractivity contribution in [1.82, 2.24) is 5.43 Å². The van der Waals surface area contributed by atoms with Crippen molar-refractivity contribution in [3.63, 3.8) is 0 Å². The highest BCUT2D eigenvalue weighted by Crippen LogP contribution is 2.34. The van der Waals surface area contributed by atoms with Gasteiger partial charge in [-0.25, -0.2) is 4.39 Å². The van der Waals surface area contributed by atoms with E-state index >= 15 is 0 Å². The second-order valence-corrected chi connectivity index (χ2v) is 5.85. The molecule has 0 saturated carbocycles. The molecule has 1 heterocycles. The van der Waals surface area contributed by atoms with E-state index in [-0.39, 0.29) is 11.9 Å². The smallest absolute Gasteiger partial charge is 0.124 e. The predicted molar refractivity (Wildman–Crippen MR) is 77.5 cm³/mol. The van der Waals surface area contributed by atoms with Crippen molar-refractivity contribution in [2.24, 2.45) is 11.8 Å². The quantitative estimate of drug-likeness (QED) is 0.632. The minimum atomic E-state index is -0.203. The molecule has 0 radical (unpaired) electrons. The third kappa shape index (κ3) is 3.30. The number of nitrogens with two attached hydrogens (primary N) is 1. The maximum absolute atomic E-state index is 13.2. The Kier molecular flexibility index (Phi) is 4.87. The summed E-state index contributed by atoms with van der Waals surface area (Å²) < 4.78 is 19.3. The summed E-state index contributed by atoms with van der Waals surface area (Å²) in [7, 11) is 1.69. The number of fused-ring (bicyclic) bond motifs is 1. The molecule has 104 valence electrons. The lowest BCUT2D eigenvalue weighted by molar-refractivity contribution is 0.170. The van der Waals surface area contributed by atoms with Crippen molar-refractivity contribution >= 4 is 21.4 Å². The molecule has 0 aliphatic heterocycles. The number of thiophene rings is 1. The van der Waals surface area contributed by atoms with Crippen LogP contribution in [0.2, 0.25) is 0 Å². The van der Waals surface area contributed by atoms with Gasteiger partial charge in [0.05, 0.1) is 6.04 Å². The molecule has 0 amide bonds. The molecule has 2 aromatic rings. The molecule has 0 aliphatic rings. The van der Waals surface area contributed by atoms with Crippen LogP contribution in [0.3, 0.4) is 0 Å². The molecule has 2 atom stereocenters. The van der Waals surface area contributed by atoms with Gasteiger partial charge < -0.3 is 4.74 Å². The average Bonchev–Trinajstić information content (AvgIpc) is 2.79. The van der Waals surface area contributed by atoms with Crippen molar-refractivity contribution in [2.75, 3.05) is 13.7 Å². The van der Waals surface area contributed by atoms with Crippen LogP contribution in [0.25, 0.3) is 10.1 Å². The number of hydrogen-bond donors (Lipinski definition) is 2. The van der Waals surface area contributed by atoms with Crippen LogP contribution in [0.1, 0.15) is 24.3 Å². The number of methoxy groups -OCH3 is 1. The molecular weight excluding hydrogens is 263 g/mol. The third-order valence-electron chi connectivity index (χ3n) is 3.33. The highest BCUT2D eigenvalue weighted by molar-refractivity contribution is 7.19. The van der Waals surface area contributed by atoms with E-state index in [1.54, 1.807) is 30.6 Å². The van der Waals surface area contributed by atoms with Gasteiger partial charge in [-0.05, 0) is 35.9 Å². The molecular formula is C14H19FN2OS. The van der Waals surface area contributed by atoms with E-state index in [4.69, 9.17) is 10.6 Å². The fraction of sp³-hybridized carbons (Fsp3) is 0.429. The van der Waals surface area contributed by atoms with Crippen molar-refractivity contribution < 1.29 is 9.13 Å². The number of benzene rings is 1. The normalized spacial score (nSPS) is 14.7. The molecule has 0 saturated heterocycles. The molecule has 1 aromatic carbocycles. The Balaban J connectivity index is 2.24. The molecule has 2 rings (SSSR count). The first-order valence-corrected chi connectivity index (χ1v) is 7.11. The minimum absolute atomic E-state index is 0.0654. The number of ether oxygens (including phenoxy) is 1. The summed E-state index contributed by atoms with van der Waals surface area (Å²) in [4.78, 5) is 1.13. The molecule has 0 aliphatic carbocycles. The van der Waals surface area contributed by atoms with Gasteiger partial charge in [-0.2, -0.15) is 0 Å². The van der Waals surface area contributed by atoms with Crippen molar-refractivity contribution in [1.29, 1.82) is 0 Å². The van der Waals surface area contributed by atoms with E-state index in [0.29, 0.717) is 12.5 Å². The van der Waals surface area contributed by atoms with Gasteiger partial charge in [0.15, 0.2) is 0 Å². The summed E-state index contributed by atoms with van der Waals surface area (Å²) in [5.74, 6) is 5.82. The van der Waals surface area contributed by atoms with Gasteiger partial charge in [-0.3, -0.25) is 11.3 Å². The SMILES string of the molecule is COCCC(C)C(NN)c1cc2ccc(F)cc2s1. The van der Waals surface area contributed by atoms with Crippen molar-refractivity contribution in [3.8, 4) is 0 Å². The first-order chi connectivity index (χ1) is 9.15. The Morgan fingerprint density at radius 3 is 2.89 bits per heavy atom. The summed E-state index contributed by atoms with van der Waals surface area (Å²) in [6.45, 7) is 2.84. The van der Waals surface area contributed by atoms with Crippen molar-refractivity contribution in [2.45, 2.75) is 19.4 Å². The fourth-order valence-electron chi connectivity index (χ4n) is 2.18. The molecule has 1 aromatic heterocycles. The predicted octanol–water partition coefficient (Wildman–Crippen LogP) is 3.22. The first kappa shape index (κ1) is 14.4. The van der Waals surface area contributed by atoms with E-state index in [1.165, 1.54) is 6.07 Å². The topological polar surface area (TPSA) is 47.3 Å². The number of halogens is 1. The Bertz CT molecular complexity index is 543. The van der Waals surface area contributed by atoms with Gasteiger partial charge >= 0.3 is 0 Å². The summed E-state index contributed by atoms with van der Waals surface area (Å²) in [6.07, 6.45) is 0.925. The van der Waals surface area contributed by atoms with E-state index in [1.807, 2.05) is 0 Å². The lowest BCUT2D eigenvalue weighted by atomic mass is 9.97. The zero-order valence-electron chi connectivity index (χ0n) is 11.2. The summed E-state index contributed by atoms with van der Waals surface area (Å²) in [6, 6.07) is 7.00. The van der Waals surface area contributed by atoms with Crippen LogP contribution in [-0.2, 0) is 4.74 Å². The largest absolute Gasteiger partial charge is 0.385 e. The Morgan fingerprint density at radius 2 is 2.21 bits per heavy atom. The van der Waals surface area contributed by atoms with Crippen LogP contribution < -0.4 is 11.3 Å². The number of nitrogens with one attached hydrogen (secondary N) is 1. The summed E-state index contributed by atoms with van der Waals surface area (Å²) >= 11 is 1.58. The zero-order chi connectivity index (χ0) is 13.8. The second kappa shape index (κ2) is 6.43. The van der Waals surface area contributed by atoms with Gasteiger partial charge in [-0.1, -0.05) is 13.0 Å². The molecule has 19 heavy (non-hydrogen) atoms. The van der Waals surface area contributed by atoms with Crippen LogP contribution in [-0.4, -0.2) is 13.7 Å². The molecule has 2 unspecified atom stereocenters. The van der Waals surface area contributed by atoms with E-state index in [9.17, 15) is 4.39 Å². The van der Waals surface area contributed by atoms with Crippen molar-refractivity contribution in [3.05, 3.63) is 35.0 Å². The lowest BCUT2D eigenvalue weighted by Crippen LogP contribution is -2.32. The van der Waals surface area contributed by atoms with E-state index < -0.39 is 0 Å². The standard InChI is InChI=1S/C14H19FN2OS/c1-9(5-6-18-2)14(17-16)13-7-10-3-4-11(15)8-12(10)19-13/h3-4,7-9,14,17H,5-6,16H2,1-2H3. The maximum atomic E-state index is 13.2. The molecule has 3 N–H and O–H groups in total. The van der Waals surface area contributed by atoms with E-state index in [2.05, 4.69) is 18.4 Å². The van der Waals surface area contributed by atoms with Gasteiger partial charge in [-0.15, -0.1) is 11.3 Å². The maximum Gasteiger partial charge on any atom is 0.124 e. The van der Waals surface area contributed by atoms with E-state index in [0.717, 1.165) is 21.4 Å². The monoisotopic (exact) mass is 282 g/mol. The van der Waals surface area contributed by atoms with Gasteiger partial charge in [0, 0.05) is 23.3 Å². The lowest BCUT2D eigenvalue weighted by Gasteiger charge is -2.21. The fourth-order valence-corrected chi connectivity index (χ4v) is 3.46. The highest BCUT2D eigenvalue weighted by Gasteiger charge is 2.20. The number of rotatable bonds is 6. The van der Waals surface area contributed by atoms with Gasteiger partial charge in [0.2, 0.25) is 0 Å². The number of hydrazine groups is 1. The average molecular weight is 282 g/mol. The molecule has 5 heteroatoms. The van der Waals surface area contributed by atoms with Gasteiger partial charge in [0.25, 0.3) is 0 Å². The molecule has 3 nitrogen and oxygen atoms in total. The van der Waals surface area contributed by atoms with Crippen LogP contribution in [0, 0.1) is 11.7 Å². The Labute approximate surface area is 116 Å². The summed E-state index contributed by atoms with van der Waals surface area (Å²) in [5, 5.41) is 1.06. The molecule has 0 spiro atoms. The van der Waals surface area contributed by atoms with Gasteiger partial charge in [0.1, 0.15) is 5.82 Å². The Hall–Kier alpha value is -1.01. The second-order valence-electron chi connectivity index (χ2n) is 4.73. The van der Waals surface area contributed by atoms with Crippen LogP contribution >= 0.6 is 11.3 Å². The highest BCUT2D eigenvalue weighted by atomic mass is 32.1. The van der Waals surface area contributed by atoms with Crippen LogP contribution in [0.4, 0.5) is 4.39 Å². The molecule has 0 fully saturated rings. The van der Waals surface area contributed by atoms with Crippen LogP contribution in [0.5, 0.6) is 0 Å². The zero-order valence-corrected chi connectivity index (χ0v) is 12.0. The first-order valence-electron chi connectivity index (χ1n) is 6.29. The minimum Gasteiger partial charge on any atom is -0.385 e. The summed E-state index contributed by atoms with van der Waals surface area (Å²) in [5.41, 5.74) is 2.86. The third-order valence-corrected chi connectivity index (χ3v) is 4.51. The molecule has 0 bridgehead atoms. The Morgan fingerprint density at radius 1 is 1.42 bits per heavy atom.